The molecule has 0 spiro atoms. The number of hydrogen-bond acceptors (Lipinski definition) is 7. The second-order valence-electron chi connectivity index (χ2n) is 10.3. The number of hydrogen-bond donors (Lipinski definition) is 4. The van der Waals surface area contributed by atoms with Gasteiger partial charge in [-0.05, 0) is 43.5 Å². The number of alkyl halides is 3. The Hall–Kier alpha value is -4.39. The first kappa shape index (κ1) is 27.6. The SMILES string of the molecule is Cc1ncc(NC(=O)c2cc(-n3cncc3C)cc(C(F)(F)F)c2)cc1N1C=C(C(=O)NCC(C)(C)C)NN1. The summed E-state index contributed by atoms with van der Waals surface area (Å²) in [5.41, 5.74) is 6.79. The van der Waals surface area contributed by atoms with Gasteiger partial charge in [0.1, 0.15) is 5.70 Å². The normalized spacial score (nSPS) is 13.6. The zero-order valence-corrected chi connectivity index (χ0v) is 22.1. The number of hydrazine groups is 2. The number of nitrogens with one attached hydrogen (secondary N) is 4. The highest BCUT2D eigenvalue weighted by Gasteiger charge is 2.32. The molecular formula is C26H29F3N8O2. The van der Waals surface area contributed by atoms with Gasteiger partial charge in [0.25, 0.3) is 11.8 Å². The Labute approximate surface area is 223 Å². The summed E-state index contributed by atoms with van der Waals surface area (Å²) in [5, 5.41) is 6.98. The molecule has 0 unspecified atom stereocenters. The van der Waals surface area contributed by atoms with Crippen LogP contribution in [0.4, 0.5) is 24.5 Å². The zero-order valence-electron chi connectivity index (χ0n) is 22.1. The molecule has 3 aromatic rings. The molecule has 0 radical (unpaired) electrons. The Morgan fingerprint density at radius 2 is 1.77 bits per heavy atom. The Morgan fingerprint density at radius 1 is 1.03 bits per heavy atom. The van der Waals surface area contributed by atoms with Crippen molar-refractivity contribution in [3.8, 4) is 5.69 Å². The molecule has 0 atom stereocenters. The predicted octanol–water partition coefficient (Wildman–Crippen LogP) is 3.99. The zero-order chi connectivity index (χ0) is 28.5. The molecule has 1 aliphatic rings. The van der Waals surface area contributed by atoms with Gasteiger partial charge in [0.15, 0.2) is 0 Å². The van der Waals surface area contributed by atoms with Gasteiger partial charge in [-0.3, -0.25) is 25.0 Å². The Morgan fingerprint density at radius 3 is 2.41 bits per heavy atom. The van der Waals surface area contributed by atoms with Crippen LogP contribution >= 0.6 is 0 Å². The van der Waals surface area contributed by atoms with E-state index < -0.39 is 17.6 Å². The minimum atomic E-state index is -4.66. The topological polar surface area (TPSA) is 116 Å². The number of pyridine rings is 1. The van der Waals surface area contributed by atoms with Crippen LogP contribution in [0.2, 0.25) is 0 Å². The smallest absolute Gasteiger partial charge is 0.350 e. The highest BCUT2D eigenvalue weighted by molar-refractivity contribution is 6.05. The molecule has 2 amide bonds. The number of nitrogens with zero attached hydrogens (tertiary/aromatic N) is 4. The number of anilines is 2. The van der Waals surface area contributed by atoms with E-state index in [0.717, 1.165) is 12.1 Å². The average Bonchev–Trinajstić information content (AvgIpc) is 3.52. The Kier molecular flexibility index (Phi) is 7.37. The average molecular weight is 543 g/mol. The maximum atomic E-state index is 13.6. The molecule has 0 aliphatic carbocycles. The van der Waals surface area contributed by atoms with E-state index in [9.17, 15) is 22.8 Å². The molecule has 39 heavy (non-hydrogen) atoms. The molecular weight excluding hydrogens is 513 g/mol. The van der Waals surface area contributed by atoms with Crippen molar-refractivity contribution < 1.29 is 22.8 Å². The summed E-state index contributed by atoms with van der Waals surface area (Å²) >= 11 is 0. The van der Waals surface area contributed by atoms with Crippen molar-refractivity contribution in [2.45, 2.75) is 40.8 Å². The van der Waals surface area contributed by atoms with Crippen LogP contribution in [0.25, 0.3) is 5.69 Å². The number of imidazole rings is 1. The molecule has 3 heterocycles. The molecule has 13 heteroatoms. The molecule has 0 saturated heterocycles. The van der Waals surface area contributed by atoms with Gasteiger partial charge in [-0.15, -0.1) is 5.53 Å². The number of halogens is 3. The van der Waals surface area contributed by atoms with E-state index >= 15 is 0 Å². The Bertz CT molecular complexity index is 1440. The number of carbonyl (C=O) groups excluding carboxylic acids is 2. The van der Waals surface area contributed by atoms with Crippen LogP contribution in [0.15, 0.2) is 54.9 Å². The van der Waals surface area contributed by atoms with Crippen molar-refractivity contribution in [2.75, 3.05) is 16.9 Å². The standard InChI is InChI=1S/C26H29F3N8O2/c1-15-10-30-14-36(15)20-7-17(6-18(8-20)26(27,28)29)23(38)33-19-9-22(16(2)31-11-19)37-12-21(34-35-37)24(39)32-13-25(3,4)5/h6-12,14,34-35H,13H2,1-5H3,(H,32,39)(H,33,38). The van der Waals surface area contributed by atoms with Gasteiger partial charge < -0.3 is 15.2 Å². The van der Waals surface area contributed by atoms with Gasteiger partial charge in [0.2, 0.25) is 0 Å². The molecule has 0 saturated carbocycles. The Balaban J connectivity index is 1.57. The molecule has 2 aromatic heterocycles. The lowest BCUT2D eigenvalue weighted by Gasteiger charge is -2.18. The summed E-state index contributed by atoms with van der Waals surface area (Å²) in [4.78, 5) is 33.8. The van der Waals surface area contributed by atoms with E-state index in [2.05, 4.69) is 31.6 Å². The monoisotopic (exact) mass is 542 g/mol. The quantitative estimate of drug-likeness (QED) is 0.372. The maximum absolute atomic E-state index is 13.6. The fourth-order valence-corrected chi connectivity index (χ4v) is 3.71. The van der Waals surface area contributed by atoms with Gasteiger partial charge in [-0.2, -0.15) is 13.2 Å². The number of aromatic nitrogens is 3. The number of carbonyl (C=O) groups is 2. The lowest BCUT2D eigenvalue weighted by Crippen LogP contribution is -2.40. The van der Waals surface area contributed by atoms with Gasteiger partial charge in [-0.25, -0.2) is 4.98 Å². The second kappa shape index (κ2) is 10.4. The molecule has 10 nitrogen and oxygen atoms in total. The summed E-state index contributed by atoms with van der Waals surface area (Å²) in [6, 6.07) is 4.71. The minimum Gasteiger partial charge on any atom is -0.350 e. The predicted molar refractivity (Wildman–Crippen MR) is 140 cm³/mol. The van der Waals surface area contributed by atoms with Crippen LogP contribution in [0.5, 0.6) is 0 Å². The van der Waals surface area contributed by atoms with Crippen molar-refractivity contribution in [1.29, 1.82) is 0 Å². The molecule has 1 aromatic carbocycles. The summed E-state index contributed by atoms with van der Waals surface area (Å²) in [7, 11) is 0. The van der Waals surface area contributed by atoms with E-state index in [4.69, 9.17) is 0 Å². The van der Waals surface area contributed by atoms with Gasteiger partial charge in [0, 0.05) is 29.7 Å². The van der Waals surface area contributed by atoms with Crippen LogP contribution in [0.3, 0.4) is 0 Å². The van der Waals surface area contributed by atoms with E-state index in [-0.39, 0.29) is 34.0 Å². The van der Waals surface area contributed by atoms with Gasteiger partial charge in [0.05, 0.1) is 41.4 Å². The highest BCUT2D eigenvalue weighted by atomic mass is 19.4. The number of rotatable bonds is 6. The summed E-state index contributed by atoms with van der Waals surface area (Å²) in [6.07, 6.45) is 1.17. The first-order valence-corrected chi connectivity index (χ1v) is 12.0. The molecule has 0 fully saturated rings. The lowest BCUT2D eigenvalue weighted by molar-refractivity contribution is -0.137. The van der Waals surface area contributed by atoms with Crippen LogP contribution < -0.4 is 26.6 Å². The largest absolute Gasteiger partial charge is 0.416 e. The number of benzene rings is 1. The first-order chi connectivity index (χ1) is 18.2. The minimum absolute atomic E-state index is 0.0903. The molecule has 1 aliphatic heterocycles. The fraction of sp³-hybridized carbons (Fsp3) is 0.308. The highest BCUT2D eigenvalue weighted by Crippen LogP contribution is 2.32. The maximum Gasteiger partial charge on any atom is 0.416 e. The number of aryl methyl sites for hydroxylation is 2. The fourth-order valence-electron chi connectivity index (χ4n) is 3.71. The third-order valence-corrected chi connectivity index (χ3v) is 5.78. The van der Waals surface area contributed by atoms with Crippen LogP contribution in [0, 0.1) is 19.3 Å². The van der Waals surface area contributed by atoms with E-state index in [1.807, 2.05) is 20.8 Å². The van der Waals surface area contributed by atoms with Crippen LogP contribution in [-0.4, -0.2) is 32.9 Å². The van der Waals surface area contributed by atoms with Crippen molar-refractivity contribution in [1.82, 2.24) is 30.8 Å². The summed E-state index contributed by atoms with van der Waals surface area (Å²) in [6.45, 7) is 9.92. The van der Waals surface area contributed by atoms with E-state index in [1.165, 1.54) is 34.4 Å². The van der Waals surface area contributed by atoms with E-state index in [1.54, 1.807) is 26.1 Å². The summed E-state index contributed by atoms with van der Waals surface area (Å²) in [5.74, 6) is -1.05. The van der Waals surface area contributed by atoms with Crippen molar-refractivity contribution >= 4 is 23.2 Å². The van der Waals surface area contributed by atoms with Crippen LogP contribution in [-0.2, 0) is 11.0 Å². The molecule has 4 rings (SSSR count). The van der Waals surface area contributed by atoms with E-state index in [0.29, 0.717) is 23.6 Å². The van der Waals surface area contributed by atoms with Crippen molar-refractivity contribution in [3.63, 3.8) is 0 Å². The third-order valence-electron chi connectivity index (χ3n) is 5.78. The van der Waals surface area contributed by atoms with Gasteiger partial charge >= 0.3 is 6.18 Å². The van der Waals surface area contributed by atoms with Crippen LogP contribution in [0.1, 0.15) is 48.1 Å². The summed E-state index contributed by atoms with van der Waals surface area (Å²) < 4.78 is 42.3. The third kappa shape index (κ3) is 6.55. The second-order valence-corrected chi connectivity index (χ2v) is 10.3. The van der Waals surface area contributed by atoms with Crippen molar-refractivity contribution in [3.05, 3.63) is 77.4 Å². The molecule has 206 valence electrons. The lowest BCUT2D eigenvalue weighted by atomic mass is 9.97. The van der Waals surface area contributed by atoms with Gasteiger partial charge in [-0.1, -0.05) is 20.8 Å². The number of amides is 2. The molecule has 4 N–H and O–H groups in total. The first-order valence-electron chi connectivity index (χ1n) is 12.0. The van der Waals surface area contributed by atoms with Crippen molar-refractivity contribution in [2.24, 2.45) is 5.41 Å². The molecule has 0 bridgehead atoms.